The topological polar surface area (TPSA) is 74.2 Å². The monoisotopic (exact) mass is 228 g/mol. The number of benzene rings is 1. The van der Waals surface area contributed by atoms with Gasteiger partial charge in [-0.1, -0.05) is 18.2 Å². The van der Waals surface area contributed by atoms with Crippen LogP contribution in [0, 0.1) is 0 Å². The molecule has 2 N–H and O–H groups in total. The van der Waals surface area contributed by atoms with Crippen molar-refractivity contribution in [1.29, 1.82) is 0 Å². The summed E-state index contributed by atoms with van der Waals surface area (Å²) in [7, 11) is 0. The van der Waals surface area contributed by atoms with Gasteiger partial charge >= 0.3 is 0 Å². The highest BCUT2D eigenvalue weighted by Crippen LogP contribution is 2.22. The molecule has 0 aliphatic carbocycles. The lowest BCUT2D eigenvalue weighted by Gasteiger charge is -2.03. The molecule has 0 unspecified atom stereocenters. The van der Waals surface area contributed by atoms with E-state index < -0.39 is 0 Å². The Kier molecular flexibility index (Phi) is 3.30. The van der Waals surface area contributed by atoms with Gasteiger partial charge in [0.15, 0.2) is 0 Å². The summed E-state index contributed by atoms with van der Waals surface area (Å²) in [6.45, 7) is 3.65. The molecule has 0 fully saturated rings. The molecule has 0 saturated heterocycles. The van der Waals surface area contributed by atoms with E-state index in [0.717, 1.165) is 5.56 Å². The van der Waals surface area contributed by atoms with Crippen molar-refractivity contribution in [2.24, 2.45) is 4.99 Å². The fraction of sp³-hybridized carbons (Fsp3) is 0.0833. The summed E-state index contributed by atoms with van der Waals surface area (Å²) in [6.07, 6.45) is 5.28. The summed E-state index contributed by atoms with van der Waals surface area (Å²) < 4.78 is 0. The smallest absolute Gasteiger partial charge is 0.245 e. The van der Waals surface area contributed by atoms with Crippen LogP contribution >= 0.6 is 0 Å². The molecule has 86 valence electrons. The summed E-state index contributed by atoms with van der Waals surface area (Å²) in [4.78, 5) is 7.92. The molecule has 0 radical (unpaired) electrons. The molecular weight excluding hydrogens is 216 g/mol. The maximum atomic E-state index is 9.96. The molecule has 1 heterocycles. The van der Waals surface area contributed by atoms with Crippen LogP contribution in [-0.2, 0) is 6.42 Å². The number of hydrogen-bond donors (Lipinski definition) is 2. The van der Waals surface area contributed by atoms with Crippen LogP contribution in [0.15, 0.2) is 42.2 Å². The zero-order valence-electron chi connectivity index (χ0n) is 9.17. The summed E-state index contributed by atoms with van der Waals surface area (Å²) in [6, 6.07) is 5.49. The fourth-order valence-corrected chi connectivity index (χ4v) is 1.43. The molecule has 0 aliphatic rings. The summed E-state index contributed by atoms with van der Waals surface area (Å²) >= 11 is 0. The van der Waals surface area contributed by atoms with Gasteiger partial charge in [0.2, 0.25) is 5.95 Å². The van der Waals surface area contributed by atoms with Gasteiger partial charge in [0.05, 0.1) is 0 Å². The third kappa shape index (κ3) is 2.57. The van der Waals surface area contributed by atoms with Gasteiger partial charge in [-0.2, -0.15) is 10.1 Å². The van der Waals surface area contributed by atoms with Crippen LogP contribution in [-0.4, -0.2) is 26.5 Å². The Bertz CT molecular complexity index is 531. The van der Waals surface area contributed by atoms with Crippen molar-refractivity contribution >= 4 is 12.2 Å². The van der Waals surface area contributed by atoms with Crippen molar-refractivity contribution in [1.82, 2.24) is 15.2 Å². The molecule has 0 saturated carbocycles. The Labute approximate surface area is 98.6 Å². The van der Waals surface area contributed by atoms with E-state index in [4.69, 9.17) is 0 Å². The van der Waals surface area contributed by atoms with Crippen molar-refractivity contribution in [2.45, 2.75) is 6.42 Å². The molecule has 0 spiro atoms. The van der Waals surface area contributed by atoms with Crippen molar-refractivity contribution in [3.63, 3.8) is 0 Å². The van der Waals surface area contributed by atoms with Gasteiger partial charge in [0.1, 0.15) is 12.1 Å². The van der Waals surface area contributed by atoms with Crippen LogP contribution < -0.4 is 0 Å². The third-order valence-electron chi connectivity index (χ3n) is 2.24. The predicted octanol–water partition coefficient (Wildman–Crippen LogP) is 1.99. The number of aromatic hydroxyl groups is 1. The van der Waals surface area contributed by atoms with E-state index >= 15 is 0 Å². The second kappa shape index (κ2) is 5.07. The summed E-state index contributed by atoms with van der Waals surface area (Å²) in [5, 5.41) is 16.3. The van der Waals surface area contributed by atoms with Gasteiger partial charge in [-0.05, 0) is 18.1 Å². The van der Waals surface area contributed by atoms with E-state index in [1.165, 1.54) is 6.33 Å². The molecule has 2 rings (SSSR count). The number of phenols is 1. The van der Waals surface area contributed by atoms with E-state index in [1.54, 1.807) is 18.4 Å². The number of allylic oxidation sites excluding steroid dienone is 1. The molecule has 1 aromatic heterocycles. The maximum absolute atomic E-state index is 9.96. The highest BCUT2D eigenvalue weighted by atomic mass is 16.3. The molecule has 0 atom stereocenters. The Morgan fingerprint density at radius 2 is 2.35 bits per heavy atom. The fourth-order valence-electron chi connectivity index (χ4n) is 1.43. The minimum atomic E-state index is 0.218. The maximum Gasteiger partial charge on any atom is 0.245 e. The largest absolute Gasteiger partial charge is 0.507 e. The van der Waals surface area contributed by atoms with Crippen LogP contribution in [0.4, 0.5) is 5.95 Å². The predicted molar refractivity (Wildman–Crippen MR) is 65.6 cm³/mol. The van der Waals surface area contributed by atoms with E-state index in [0.29, 0.717) is 17.9 Å². The quantitative estimate of drug-likeness (QED) is 0.620. The number of phenolic OH excluding ortho intramolecular Hbond substituents is 1. The van der Waals surface area contributed by atoms with Gasteiger partial charge in [0.25, 0.3) is 0 Å². The van der Waals surface area contributed by atoms with Crippen LogP contribution in [0.25, 0.3) is 0 Å². The molecular formula is C12H12N4O. The lowest BCUT2D eigenvalue weighted by Crippen LogP contribution is -1.88. The van der Waals surface area contributed by atoms with Gasteiger partial charge in [0, 0.05) is 11.8 Å². The Hall–Kier alpha value is -2.43. The number of para-hydroxylation sites is 1. The van der Waals surface area contributed by atoms with Gasteiger partial charge in [-0.15, -0.1) is 6.58 Å². The van der Waals surface area contributed by atoms with E-state index in [-0.39, 0.29) is 5.75 Å². The first-order valence-electron chi connectivity index (χ1n) is 5.12. The number of nitrogens with zero attached hydrogens (tertiary/aromatic N) is 3. The van der Waals surface area contributed by atoms with Gasteiger partial charge < -0.3 is 5.11 Å². The number of rotatable bonds is 4. The van der Waals surface area contributed by atoms with Crippen molar-refractivity contribution in [3.8, 4) is 5.75 Å². The second-order valence-electron chi connectivity index (χ2n) is 3.42. The van der Waals surface area contributed by atoms with E-state index in [9.17, 15) is 5.11 Å². The van der Waals surface area contributed by atoms with E-state index in [2.05, 4.69) is 26.8 Å². The van der Waals surface area contributed by atoms with Gasteiger partial charge in [-0.25, -0.2) is 10.1 Å². The van der Waals surface area contributed by atoms with Crippen molar-refractivity contribution < 1.29 is 5.11 Å². The number of nitrogens with one attached hydrogen (secondary N) is 1. The molecule has 0 aliphatic heterocycles. The van der Waals surface area contributed by atoms with Crippen LogP contribution in [0.5, 0.6) is 5.75 Å². The SMILES string of the molecule is C=CCc1cccc(/C=N\c2ncn[nH]2)c1O. The second-order valence-corrected chi connectivity index (χ2v) is 3.42. The van der Waals surface area contributed by atoms with Crippen LogP contribution in [0.3, 0.4) is 0 Å². The van der Waals surface area contributed by atoms with Crippen molar-refractivity contribution in [3.05, 3.63) is 48.3 Å². The average molecular weight is 228 g/mol. The zero-order valence-corrected chi connectivity index (χ0v) is 9.17. The number of aromatic amines is 1. The molecule has 17 heavy (non-hydrogen) atoms. The Morgan fingerprint density at radius 1 is 1.47 bits per heavy atom. The molecule has 2 aromatic rings. The van der Waals surface area contributed by atoms with Crippen molar-refractivity contribution in [2.75, 3.05) is 0 Å². The lowest BCUT2D eigenvalue weighted by molar-refractivity contribution is 0.469. The molecule has 0 bridgehead atoms. The number of aromatic nitrogens is 3. The first-order valence-corrected chi connectivity index (χ1v) is 5.12. The third-order valence-corrected chi connectivity index (χ3v) is 2.24. The minimum absolute atomic E-state index is 0.218. The van der Waals surface area contributed by atoms with Crippen LogP contribution in [0.2, 0.25) is 0 Å². The molecule has 1 aromatic carbocycles. The standard InChI is InChI=1S/C12H12N4O/c1-2-4-9-5-3-6-10(11(9)17)7-13-12-14-8-15-16-12/h2-3,5-8,17H,1,4H2,(H,14,15,16)/b13-7-. The Morgan fingerprint density at radius 3 is 3.06 bits per heavy atom. The minimum Gasteiger partial charge on any atom is -0.507 e. The van der Waals surface area contributed by atoms with Gasteiger partial charge in [-0.3, -0.25) is 0 Å². The summed E-state index contributed by atoms with van der Waals surface area (Å²) in [5.74, 6) is 0.620. The molecule has 0 amide bonds. The average Bonchev–Trinajstić information content (AvgIpc) is 2.83. The highest BCUT2D eigenvalue weighted by molar-refractivity contribution is 5.85. The Balaban J connectivity index is 2.27. The number of H-pyrrole nitrogens is 1. The first-order chi connectivity index (χ1) is 8.31. The normalized spacial score (nSPS) is 10.8. The zero-order chi connectivity index (χ0) is 12.1. The number of aliphatic imine (C=N–C) groups is 1. The number of hydrogen-bond acceptors (Lipinski definition) is 4. The molecule has 5 nitrogen and oxygen atoms in total. The first kappa shape index (κ1) is 11.1. The summed E-state index contributed by atoms with van der Waals surface area (Å²) in [5.41, 5.74) is 1.46. The van der Waals surface area contributed by atoms with E-state index in [1.807, 2.05) is 12.1 Å². The molecule has 5 heteroatoms. The van der Waals surface area contributed by atoms with Crippen LogP contribution in [0.1, 0.15) is 11.1 Å². The lowest BCUT2D eigenvalue weighted by atomic mass is 10.1. The highest BCUT2D eigenvalue weighted by Gasteiger charge is 2.03.